The molecule has 1 rings (SSSR count). The van der Waals surface area contributed by atoms with Gasteiger partial charge in [-0.15, -0.1) is 0 Å². The van der Waals surface area contributed by atoms with Gasteiger partial charge in [-0.1, -0.05) is 26.0 Å². The molecular weight excluding hydrogens is 212 g/mol. The quantitative estimate of drug-likeness (QED) is 0.584. The molecular formula is C14H24N2O. The molecule has 0 amide bonds. The van der Waals surface area contributed by atoms with Gasteiger partial charge in [0, 0.05) is 13.1 Å². The number of para-hydroxylation sites is 2. The maximum absolute atomic E-state index is 5.79. The third-order valence-electron chi connectivity index (χ3n) is 2.54. The van der Waals surface area contributed by atoms with Crippen LogP contribution in [0.15, 0.2) is 24.3 Å². The van der Waals surface area contributed by atoms with Crippen molar-refractivity contribution < 1.29 is 4.74 Å². The highest BCUT2D eigenvalue weighted by Gasteiger charge is 2.02. The predicted molar refractivity (Wildman–Crippen MR) is 73.3 cm³/mol. The lowest BCUT2D eigenvalue weighted by Gasteiger charge is -2.18. The van der Waals surface area contributed by atoms with E-state index in [1.807, 2.05) is 24.3 Å². The lowest BCUT2D eigenvalue weighted by molar-refractivity contribution is 0.248. The number of nitrogen functional groups attached to an aromatic ring is 1. The van der Waals surface area contributed by atoms with Crippen molar-refractivity contribution >= 4 is 5.69 Å². The minimum atomic E-state index is 0.711. The van der Waals surface area contributed by atoms with Crippen molar-refractivity contribution in [2.75, 3.05) is 32.5 Å². The van der Waals surface area contributed by atoms with E-state index in [0.29, 0.717) is 11.6 Å². The van der Waals surface area contributed by atoms with Gasteiger partial charge in [-0.3, -0.25) is 0 Å². The van der Waals surface area contributed by atoms with Crippen molar-refractivity contribution in [2.24, 2.45) is 5.92 Å². The Hall–Kier alpha value is -1.22. The van der Waals surface area contributed by atoms with Crippen molar-refractivity contribution in [1.29, 1.82) is 0 Å². The van der Waals surface area contributed by atoms with Gasteiger partial charge in [-0.2, -0.15) is 0 Å². The SMILES string of the molecule is CC(C)CN(C)CCCOc1ccccc1N. The summed E-state index contributed by atoms with van der Waals surface area (Å²) in [5, 5.41) is 0. The molecule has 0 aliphatic rings. The van der Waals surface area contributed by atoms with E-state index in [2.05, 4.69) is 25.8 Å². The fourth-order valence-corrected chi connectivity index (χ4v) is 1.84. The Balaban J connectivity index is 2.18. The van der Waals surface area contributed by atoms with Gasteiger partial charge < -0.3 is 15.4 Å². The molecule has 96 valence electrons. The first kappa shape index (κ1) is 13.8. The number of anilines is 1. The number of hydrogen-bond donors (Lipinski definition) is 1. The molecule has 2 N–H and O–H groups in total. The molecule has 0 atom stereocenters. The molecule has 0 aromatic heterocycles. The first-order valence-electron chi connectivity index (χ1n) is 6.25. The highest BCUT2D eigenvalue weighted by molar-refractivity contribution is 5.51. The van der Waals surface area contributed by atoms with Crippen molar-refractivity contribution in [3.63, 3.8) is 0 Å². The number of nitrogens with zero attached hydrogens (tertiary/aromatic N) is 1. The molecule has 0 bridgehead atoms. The van der Waals surface area contributed by atoms with E-state index >= 15 is 0 Å². The van der Waals surface area contributed by atoms with Gasteiger partial charge in [0.15, 0.2) is 0 Å². The van der Waals surface area contributed by atoms with Crippen molar-refractivity contribution in [3.8, 4) is 5.75 Å². The summed E-state index contributed by atoms with van der Waals surface area (Å²) in [6, 6.07) is 7.63. The second-order valence-electron chi connectivity index (χ2n) is 4.90. The lowest BCUT2D eigenvalue weighted by Crippen LogP contribution is -2.25. The van der Waals surface area contributed by atoms with E-state index in [0.717, 1.165) is 31.9 Å². The molecule has 3 heteroatoms. The molecule has 1 aromatic carbocycles. The molecule has 1 aromatic rings. The van der Waals surface area contributed by atoms with E-state index < -0.39 is 0 Å². The summed E-state index contributed by atoms with van der Waals surface area (Å²) in [5.41, 5.74) is 6.50. The normalized spacial score (nSPS) is 11.1. The molecule has 0 aliphatic heterocycles. The van der Waals surface area contributed by atoms with Crippen LogP contribution in [0.4, 0.5) is 5.69 Å². The molecule has 0 unspecified atom stereocenters. The molecule has 0 saturated carbocycles. The average Bonchev–Trinajstić information content (AvgIpc) is 2.25. The zero-order valence-corrected chi connectivity index (χ0v) is 11.1. The van der Waals surface area contributed by atoms with Gasteiger partial charge in [0.2, 0.25) is 0 Å². The number of rotatable bonds is 7. The Kier molecular flexibility index (Phi) is 5.84. The van der Waals surface area contributed by atoms with E-state index in [1.165, 1.54) is 0 Å². The first-order chi connectivity index (χ1) is 8.09. The Morgan fingerprint density at radius 2 is 2.00 bits per heavy atom. The number of benzene rings is 1. The fraction of sp³-hybridized carbons (Fsp3) is 0.571. The largest absolute Gasteiger partial charge is 0.491 e. The van der Waals surface area contributed by atoms with Crippen LogP contribution in [-0.4, -0.2) is 31.6 Å². The number of nitrogens with two attached hydrogens (primary N) is 1. The topological polar surface area (TPSA) is 38.5 Å². The maximum Gasteiger partial charge on any atom is 0.142 e. The summed E-state index contributed by atoms with van der Waals surface area (Å²) in [7, 11) is 2.15. The highest BCUT2D eigenvalue weighted by Crippen LogP contribution is 2.19. The van der Waals surface area contributed by atoms with Gasteiger partial charge in [-0.25, -0.2) is 0 Å². The maximum atomic E-state index is 5.79. The average molecular weight is 236 g/mol. The molecule has 0 fully saturated rings. The number of hydrogen-bond acceptors (Lipinski definition) is 3. The Morgan fingerprint density at radius 3 is 2.65 bits per heavy atom. The molecule has 0 saturated heterocycles. The van der Waals surface area contributed by atoms with Crippen LogP contribution in [0, 0.1) is 5.92 Å². The van der Waals surface area contributed by atoms with E-state index in [4.69, 9.17) is 10.5 Å². The molecule has 3 nitrogen and oxygen atoms in total. The molecule has 0 radical (unpaired) electrons. The Morgan fingerprint density at radius 1 is 1.29 bits per heavy atom. The van der Waals surface area contributed by atoms with Crippen molar-refractivity contribution in [3.05, 3.63) is 24.3 Å². The summed E-state index contributed by atoms with van der Waals surface area (Å²) in [6.07, 6.45) is 1.03. The first-order valence-corrected chi connectivity index (χ1v) is 6.25. The third kappa shape index (κ3) is 5.59. The third-order valence-corrected chi connectivity index (χ3v) is 2.54. The van der Waals surface area contributed by atoms with Gasteiger partial charge in [0.25, 0.3) is 0 Å². The van der Waals surface area contributed by atoms with E-state index in [-0.39, 0.29) is 0 Å². The van der Waals surface area contributed by atoms with Crippen LogP contribution in [0.5, 0.6) is 5.75 Å². The summed E-state index contributed by atoms with van der Waals surface area (Å²) < 4.78 is 5.64. The predicted octanol–water partition coefficient (Wildman–Crippen LogP) is 2.63. The van der Waals surface area contributed by atoms with Gasteiger partial charge in [0.05, 0.1) is 12.3 Å². The highest BCUT2D eigenvalue weighted by atomic mass is 16.5. The minimum Gasteiger partial charge on any atom is -0.491 e. The van der Waals surface area contributed by atoms with Gasteiger partial charge >= 0.3 is 0 Å². The summed E-state index contributed by atoms with van der Waals surface area (Å²) in [5.74, 6) is 1.50. The Labute approximate surface area is 105 Å². The summed E-state index contributed by atoms with van der Waals surface area (Å²) in [6.45, 7) is 7.38. The van der Waals surface area contributed by atoms with E-state index in [9.17, 15) is 0 Å². The van der Waals surface area contributed by atoms with Crippen LogP contribution in [0.1, 0.15) is 20.3 Å². The zero-order chi connectivity index (χ0) is 12.7. The van der Waals surface area contributed by atoms with Crippen molar-refractivity contribution in [1.82, 2.24) is 4.90 Å². The molecule has 0 heterocycles. The smallest absolute Gasteiger partial charge is 0.142 e. The van der Waals surface area contributed by atoms with Crippen LogP contribution >= 0.6 is 0 Å². The molecule has 0 spiro atoms. The number of ether oxygens (including phenoxy) is 1. The monoisotopic (exact) mass is 236 g/mol. The molecule has 17 heavy (non-hydrogen) atoms. The standard InChI is InChI=1S/C14H24N2O/c1-12(2)11-16(3)9-6-10-17-14-8-5-4-7-13(14)15/h4-5,7-8,12H,6,9-11,15H2,1-3H3. The summed E-state index contributed by atoms with van der Waals surface area (Å²) in [4.78, 5) is 2.34. The summed E-state index contributed by atoms with van der Waals surface area (Å²) >= 11 is 0. The van der Waals surface area contributed by atoms with Crippen molar-refractivity contribution in [2.45, 2.75) is 20.3 Å². The second kappa shape index (κ2) is 7.17. The van der Waals surface area contributed by atoms with Crippen LogP contribution in [0.2, 0.25) is 0 Å². The molecule has 0 aliphatic carbocycles. The van der Waals surface area contributed by atoms with Crippen LogP contribution in [0.3, 0.4) is 0 Å². The lowest BCUT2D eigenvalue weighted by atomic mass is 10.2. The second-order valence-corrected chi connectivity index (χ2v) is 4.90. The Bertz CT molecular complexity index is 326. The van der Waals surface area contributed by atoms with Crippen LogP contribution < -0.4 is 10.5 Å². The fourth-order valence-electron chi connectivity index (χ4n) is 1.84. The van der Waals surface area contributed by atoms with E-state index in [1.54, 1.807) is 0 Å². The van der Waals surface area contributed by atoms with Gasteiger partial charge in [0.1, 0.15) is 5.75 Å². The minimum absolute atomic E-state index is 0.711. The van der Waals surface area contributed by atoms with Gasteiger partial charge in [-0.05, 0) is 31.5 Å². The van der Waals surface area contributed by atoms with Crippen LogP contribution in [0.25, 0.3) is 0 Å². The van der Waals surface area contributed by atoms with Crippen LogP contribution in [-0.2, 0) is 0 Å². The zero-order valence-electron chi connectivity index (χ0n) is 11.1.